The van der Waals surface area contributed by atoms with Crippen molar-refractivity contribution in [1.82, 2.24) is 14.5 Å². The molecule has 6 nitrogen and oxygen atoms in total. The van der Waals surface area contributed by atoms with Crippen molar-refractivity contribution in [1.29, 1.82) is 0 Å². The van der Waals surface area contributed by atoms with E-state index in [0.717, 1.165) is 38.1 Å². The third-order valence-electron chi connectivity index (χ3n) is 6.58. The number of phenols is 1. The summed E-state index contributed by atoms with van der Waals surface area (Å²) in [5, 5.41) is 13.5. The Hall–Kier alpha value is -3.68. The number of ether oxygens (including phenoxy) is 1. The first-order valence-corrected chi connectivity index (χ1v) is 13.3. The molecule has 0 bridgehead atoms. The van der Waals surface area contributed by atoms with Crippen LogP contribution >= 0.6 is 11.8 Å². The summed E-state index contributed by atoms with van der Waals surface area (Å²) in [6, 6.07) is 22.2. The van der Waals surface area contributed by atoms with Crippen LogP contribution in [0.4, 0.5) is 0 Å². The number of aryl methyl sites for hydroxylation is 1. The number of hydrogen-bond donors (Lipinski definition) is 2. The minimum atomic E-state index is -0.366. The SMILES string of the molecule is CCOC(=O)c1c(CSc2ccccc2)n(C)c2cc(-c3cc4ccccc4[nH]3)c(O)c(CN(C)C)c12. The van der Waals surface area contributed by atoms with E-state index in [1.54, 1.807) is 11.8 Å². The number of hydrogen-bond acceptors (Lipinski definition) is 5. The monoisotopic (exact) mass is 513 g/mol. The van der Waals surface area contributed by atoms with Crippen LogP contribution in [-0.4, -0.2) is 46.2 Å². The molecule has 37 heavy (non-hydrogen) atoms. The molecule has 0 spiro atoms. The number of carbonyl (C=O) groups excluding carboxylic acids is 1. The van der Waals surface area contributed by atoms with Crippen LogP contribution in [0.3, 0.4) is 0 Å². The van der Waals surface area contributed by atoms with Gasteiger partial charge in [0.05, 0.1) is 23.4 Å². The zero-order chi connectivity index (χ0) is 26.1. The molecule has 0 amide bonds. The predicted molar refractivity (Wildman–Crippen MR) is 151 cm³/mol. The summed E-state index contributed by atoms with van der Waals surface area (Å²) in [6.07, 6.45) is 0. The minimum absolute atomic E-state index is 0.172. The Bertz CT molecular complexity index is 1550. The number of nitrogens with one attached hydrogen (secondary N) is 1. The van der Waals surface area contributed by atoms with Crippen LogP contribution in [0.1, 0.15) is 28.5 Å². The Labute approximate surface area is 220 Å². The maximum Gasteiger partial charge on any atom is 0.340 e. The van der Waals surface area contributed by atoms with Crippen LogP contribution in [0.15, 0.2) is 71.6 Å². The van der Waals surface area contributed by atoms with Gasteiger partial charge in [-0.25, -0.2) is 4.79 Å². The number of fused-ring (bicyclic) bond motifs is 2. The molecule has 0 aliphatic heterocycles. The molecule has 2 heterocycles. The van der Waals surface area contributed by atoms with E-state index in [9.17, 15) is 9.90 Å². The summed E-state index contributed by atoms with van der Waals surface area (Å²) in [4.78, 5) is 20.0. The summed E-state index contributed by atoms with van der Waals surface area (Å²) in [6.45, 7) is 2.56. The third-order valence-corrected chi connectivity index (χ3v) is 7.60. The fourth-order valence-corrected chi connectivity index (χ4v) is 5.86. The molecular weight excluding hydrogens is 482 g/mol. The second-order valence-electron chi connectivity index (χ2n) is 9.36. The number of aromatic amines is 1. The second kappa shape index (κ2) is 10.4. The predicted octanol–water partition coefficient (Wildman–Crippen LogP) is 6.56. The number of aromatic hydroxyl groups is 1. The number of rotatable bonds is 8. The number of carbonyl (C=O) groups is 1. The lowest BCUT2D eigenvalue weighted by molar-refractivity contribution is 0.0527. The summed E-state index contributed by atoms with van der Waals surface area (Å²) < 4.78 is 7.61. The molecule has 2 aromatic heterocycles. The van der Waals surface area contributed by atoms with Crippen LogP contribution in [0, 0.1) is 0 Å². The summed E-state index contributed by atoms with van der Waals surface area (Å²) in [5.41, 5.74) is 5.54. The molecule has 2 N–H and O–H groups in total. The van der Waals surface area contributed by atoms with E-state index in [0.29, 0.717) is 29.0 Å². The largest absolute Gasteiger partial charge is 0.507 e. The molecule has 0 unspecified atom stereocenters. The van der Waals surface area contributed by atoms with Crippen molar-refractivity contribution in [2.24, 2.45) is 7.05 Å². The van der Waals surface area contributed by atoms with E-state index in [-0.39, 0.29) is 18.3 Å². The number of phenolic OH excluding ortho intramolecular Hbond substituents is 1. The fraction of sp³-hybridized carbons (Fsp3) is 0.233. The molecule has 5 rings (SSSR count). The number of H-pyrrole nitrogens is 1. The molecule has 0 aliphatic carbocycles. The molecule has 0 saturated carbocycles. The van der Waals surface area contributed by atoms with Gasteiger partial charge in [-0.2, -0.15) is 0 Å². The summed E-state index contributed by atoms with van der Waals surface area (Å²) >= 11 is 1.67. The van der Waals surface area contributed by atoms with Gasteiger partial charge in [-0.05, 0) is 51.4 Å². The second-order valence-corrected chi connectivity index (χ2v) is 10.4. The number of esters is 1. The summed E-state index contributed by atoms with van der Waals surface area (Å²) in [5.74, 6) is 0.397. The van der Waals surface area contributed by atoms with Crippen molar-refractivity contribution in [3.63, 3.8) is 0 Å². The molecule has 0 radical (unpaired) electrons. The Morgan fingerprint density at radius 1 is 1.08 bits per heavy atom. The average Bonchev–Trinajstić information content (AvgIpc) is 3.43. The number of thioether (sulfide) groups is 1. The first-order valence-electron chi connectivity index (χ1n) is 12.3. The number of nitrogens with zero attached hydrogens (tertiary/aromatic N) is 2. The Morgan fingerprint density at radius 2 is 1.81 bits per heavy atom. The van der Waals surface area contributed by atoms with E-state index in [2.05, 4.69) is 27.8 Å². The molecule has 3 aromatic carbocycles. The molecule has 0 fully saturated rings. The van der Waals surface area contributed by atoms with Gasteiger partial charge in [0.25, 0.3) is 0 Å². The van der Waals surface area contributed by atoms with Gasteiger partial charge < -0.3 is 24.3 Å². The van der Waals surface area contributed by atoms with Gasteiger partial charge in [-0.1, -0.05) is 36.4 Å². The molecular formula is C30H31N3O3S. The highest BCUT2D eigenvalue weighted by atomic mass is 32.2. The van der Waals surface area contributed by atoms with Crippen LogP contribution in [0.5, 0.6) is 5.75 Å². The van der Waals surface area contributed by atoms with Crippen LogP contribution < -0.4 is 0 Å². The van der Waals surface area contributed by atoms with Gasteiger partial charge in [0.1, 0.15) is 5.75 Å². The van der Waals surface area contributed by atoms with Crippen molar-refractivity contribution >= 4 is 39.5 Å². The van der Waals surface area contributed by atoms with Crippen LogP contribution in [0.2, 0.25) is 0 Å². The van der Waals surface area contributed by atoms with Crippen molar-refractivity contribution in [2.45, 2.75) is 24.1 Å². The lowest BCUT2D eigenvalue weighted by atomic mass is 9.98. The smallest absolute Gasteiger partial charge is 0.340 e. The highest BCUT2D eigenvalue weighted by Crippen LogP contribution is 2.43. The zero-order valence-electron chi connectivity index (χ0n) is 21.5. The molecule has 0 aliphatic rings. The van der Waals surface area contributed by atoms with Gasteiger partial charge in [-0.15, -0.1) is 11.8 Å². The van der Waals surface area contributed by atoms with Gasteiger partial charge in [0, 0.05) is 57.4 Å². The van der Waals surface area contributed by atoms with Gasteiger partial charge in [-0.3, -0.25) is 0 Å². The van der Waals surface area contributed by atoms with E-state index < -0.39 is 0 Å². The standard InChI is InChI=1S/C30H31N3O3S/c1-5-36-30(35)28-26(18-37-20-12-7-6-8-13-20)33(4)25-16-21(29(34)22(27(25)28)17-32(2)3)24-15-19-11-9-10-14-23(19)31-24/h6-16,31,34H,5,17-18H2,1-4H3. The number of aromatic nitrogens is 2. The first-order chi connectivity index (χ1) is 17.9. The highest BCUT2D eigenvalue weighted by Gasteiger charge is 2.28. The summed E-state index contributed by atoms with van der Waals surface area (Å²) in [7, 11) is 5.90. The zero-order valence-corrected chi connectivity index (χ0v) is 22.4. The van der Waals surface area contributed by atoms with Gasteiger partial charge >= 0.3 is 5.97 Å². The van der Waals surface area contributed by atoms with Gasteiger partial charge in [0.15, 0.2) is 0 Å². The first kappa shape index (κ1) is 25.0. The molecule has 7 heteroatoms. The Balaban J connectivity index is 1.76. The topological polar surface area (TPSA) is 70.5 Å². The van der Waals surface area contributed by atoms with E-state index in [1.165, 1.54) is 0 Å². The third kappa shape index (κ3) is 4.72. The van der Waals surface area contributed by atoms with Crippen LogP contribution in [-0.2, 0) is 24.1 Å². The average molecular weight is 514 g/mol. The molecule has 5 aromatic rings. The van der Waals surface area contributed by atoms with Crippen molar-refractivity contribution in [3.05, 3.63) is 83.6 Å². The number of para-hydroxylation sites is 1. The lowest BCUT2D eigenvalue weighted by Gasteiger charge is -2.16. The number of benzene rings is 3. The lowest BCUT2D eigenvalue weighted by Crippen LogP contribution is -2.13. The van der Waals surface area contributed by atoms with Crippen molar-refractivity contribution in [2.75, 3.05) is 20.7 Å². The normalized spacial score (nSPS) is 11.6. The fourth-order valence-electron chi connectivity index (χ4n) is 4.87. The van der Waals surface area contributed by atoms with Crippen molar-refractivity contribution in [3.8, 4) is 17.0 Å². The van der Waals surface area contributed by atoms with E-state index >= 15 is 0 Å². The Morgan fingerprint density at radius 3 is 2.51 bits per heavy atom. The van der Waals surface area contributed by atoms with E-state index in [4.69, 9.17) is 4.74 Å². The molecule has 0 saturated heterocycles. The Kier molecular flexibility index (Phi) is 7.00. The van der Waals surface area contributed by atoms with Gasteiger partial charge in [0.2, 0.25) is 0 Å². The van der Waals surface area contributed by atoms with Crippen molar-refractivity contribution < 1.29 is 14.6 Å². The molecule has 190 valence electrons. The minimum Gasteiger partial charge on any atom is -0.507 e. The maximum atomic E-state index is 13.4. The molecule has 0 atom stereocenters. The van der Waals surface area contributed by atoms with E-state index in [1.807, 2.05) is 81.5 Å². The maximum absolute atomic E-state index is 13.4. The highest BCUT2D eigenvalue weighted by molar-refractivity contribution is 7.98. The quantitative estimate of drug-likeness (QED) is 0.182. The van der Waals surface area contributed by atoms with Crippen LogP contribution in [0.25, 0.3) is 33.1 Å².